The van der Waals surface area contributed by atoms with E-state index in [4.69, 9.17) is 4.74 Å². The van der Waals surface area contributed by atoms with Gasteiger partial charge in [0, 0.05) is 6.42 Å². The van der Waals surface area contributed by atoms with Crippen LogP contribution in [0.4, 0.5) is 4.79 Å². The maximum Gasteiger partial charge on any atom is 0.407 e. The summed E-state index contributed by atoms with van der Waals surface area (Å²) < 4.78 is 5.10. The highest BCUT2D eigenvalue weighted by Gasteiger charge is 2.18. The topological polar surface area (TPSA) is 78.8 Å². The molecule has 2 atom stereocenters. The molecule has 0 radical (unpaired) electrons. The lowest BCUT2D eigenvalue weighted by atomic mass is 10.0. The van der Waals surface area contributed by atoms with Crippen LogP contribution in [0.1, 0.15) is 23.7 Å². The fourth-order valence-corrected chi connectivity index (χ4v) is 2.19. The monoisotopic (exact) mass is 315 g/mol. The minimum atomic E-state index is -0.761. The van der Waals surface area contributed by atoms with Gasteiger partial charge in [-0.25, -0.2) is 4.79 Å². The highest BCUT2D eigenvalue weighted by Crippen LogP contribution is 2.17. The van der Waals surface area contributed by atoms with E-state index in [1.165, 1.54) is 0 Å². The molecule has 3 N–H and O–H groups in total. The van der Waals surface area contributed by atoms with Gasteiger partial charge in [0.05, 0.1) is 18.8 Å². The van der Waals surface area contributed by atoms with Gasteiger partial charge in [0.25, 0.3) is 0 Å². The Bertz CT molecular complexity index is 588. The summed E-state index contributed by atoms with van der Waals surface area (Å²) in [5, 5.41) is 22.1. The lowest BCUT2D eigenvalue weighted by molar-refractivity contribution is 0.108. The average molecular weight is 315 g/mol. The predicted molar refractivity (Wildman–Crippen MR) is 86.7 cm³/mol. The molecule has 0 aromatic heterocycles. The highest BCUT2D eigenvalue weighted by atomic mass is 16.5. The lowest BCUT2D eigenvalue weighted by Gasteiger charge is -2.20. The molecule has 2 rings (SSSR count). The first-order chi connectivity index (χ1) is 11.2. The molecule has 2 unspecified atom stereocenters. The van der Waals surface area contributed by atoms with Crippen molar-refractivity contribution in [1.82, 2.24) is 5.32 Å². The van der Waals surface area contributed by atoms with Crippen LogP contribution >= 0.6 is 0 Å². The van der Waals surface area contributed by atoms with E-state index in [2.05, 4.69) is 5.32 Å². The lowest BCUT2D eigenvalue weighted by Crippen LogP contribution is -2.38. The van der Waals surface area contributed by atoms with Gasteiger partial charge in [-0.2, -0.15) is 0 Å². The van der Waals surface area contributed by atoms with Crippen molar-refractivity contribution in [2.24, 2.45) is 0 Å². The molecular weight excluding hydrogens is 294 g/mol. The summed E-state index contributed by atoms with van der Waals surface area (Å²) in [6.07, 6.45) is -1.17. The first kappa shape index (κ1) is 17.0. The Morgan fingerprint density at radius 1 is 1.04 bits per heavy atom. The summed E-state index contributed by atoms with van der Waals surface area (Å²) in [6, 6.07) is 17.9. The van der Waals surface area contributed by atoms with Crippen molar-refractivity contribution in [2.75, 3.05) is 6.61 Å². The Kier molecular flexibility index (Phi) is 6.59. The Hall–Kier alpha value is -2.37. The summed E-state index contributed by atoms with van der Waals surface area (Å²) in [5.41, 5.74) is 1.62. The predicted octanol–water partition coefficient (Wildman–Crippen LogP) is 2.40. The van der Waals surface area contributed by atoms with Crippen molar-refractivity contribution >= 4 is 6.09 Å². The van der Waals surface area contributed by atoms with Crippen molar-refractivity contribution in [3.63, 3.8) is 0 Å². The molecular formula is C18H21NO4. The maximum absolute atomic E-state index is 11.8. The molecule has 2 aromatic rings. The number of aliphatic hydroxyl groups excluding tert-OH is 2. The molecule has 1 amide bonds. The number of ether oxygens (including phenoxy) is 1. The molecule has 0 aliphatic heterocycles. The van der Waals surface area contributed by atoms with Gasteiger partial charge in [0.15, 0.2) is 0 Å². The molecule has 0 aliphatic carbocycles. The SMILES string of the molecule is O=C(NC(CO)CC(O)c1ccccc1)OCc1ccccc1. The number of rotatable bonds is 7. The largest absolute Gasteiger partial charge is 0.445 e. The van der Waals surface area contributed by atoms with Crippen LogP contribution < -0.4 is 5.32 Å². The van der Waals surface area contributed by atoms with Gasteiger partial charge in [-0.05, 0) is 11.1 Å². The summed E-state index contributed by atoms with van der Waals surface area (Å²) in [6.45, 7) is -0.115. The molecule has 23 heavy (non-hydrogen) atoms. The van der Waals surface area contributed by atoms with Crippen molar-refractivity contribution in [3.05, 3.63) is 71.8 Å². The summed E-state index contributed by atoms with van der Waals surface area (Å²) in [4.78, 5) is 11.8. The molecule has 5 heteroatoms. The Morgan fingerprint density at radius 2 is 1.65 bits per heavy atom. The van der Waals surface area contributed by atoms with E-state index >= 15 is 0 Å². The summed E-state index contributed by atoms with van der Waals surface area (Å²) >= 11 is 0. The highest BCUT2D eigenvalue weighted by molar-refractivity contribution is 5.67. The van der Waals surface area contributed by atoms with E-state index in [-0.39, 0.29) is 19.6 Å². The van der Waals surface area contributed by atoms with Crippen molar-refractivity contribution in [1.29, 1.82) is 0 Å². The zero-order valence-electron chi connectivity index (χ0n) is 12.8. The molecule has 0 saturated heterocycles. The molecule has 0 bridgehead atoms. The van der Waals surface area contributed by atoms with E-state index < -0.39 is 18.2 Å². The van der Waals surface area contributed by atoms with Crippen LogP contribution in [0.2, 0.25) is 0 Å². The van der Waals surface area contributed by atoms with Crippen LogP contribution in [0, 0.1) is 0 Å². The number of benzene rings is 2. The van der Waals surface area contributed by atoms with Crippen LogP contribution in [-0.4, -0.2) is 29.0 Å². The first-order valence-corrected chi connectivity index (χ1v) is 7.50. The molecule has 2 aromatic carbocycles. The number of aliphatic hydroxyl groups is 2. The molecule has 122 valence electrons. The number of carbonyl (C=O) groups is 1. The molecule has 0 fully saturated rings. The van der Waals surface area contributed by atoms with Gasteiger partial charge in [-0.1, -0.05) is 60.7 Å². The van der Waals surface area contributed by atoms with Crippen LogP contribution in [0.25, 0.3) is 0 Å². The molecule has 5 nitrogen and oxygen atoms in total. The Balaban J connectivity index is 1.80. The Morgan fingerprint density at radius 3 is 2.26 bits per heavy atom. The minimum absolute atomic E-state index is 0.159. The second kappa shape index (κ2) is 8.92. The fourth-order valence-electron chi connectivity index (χ4n) is 2.19. The zero-order chi connectivity index (χ0) is 16.5. The molecule has 0 spiro atoms. The molecule has 0 heterocycles. The van der Waals surface area contributed by atoms with Crippen molar-refractivity contribution in [2.45, 2.75) is 25.2 Å². The van der Waals surface area contributed by atoms with Crippen molar-refractivity contribution in [3.8, 4) is 0 Å². The van der Waals surface area contributed by atoms with E-state index in [0.717, 1.165) is 11.1 Å². The molecule has 0 aliphatic rings. The van der Waals surface area contributed by atoms with Crippen molar-refractivity contribution < 1.29 is 19.7 Å². The van der Waals surface area contributed by atoms with Crippen LogP contribution in [0.15, 0.2) is 60.7 Å². The zero-order valence-corrected chi connectivity index (χ0v) is 12.8. The number of nitrogens with one attached hydrogen (secondary N) is 1. The van der Waals surface area contributed by atoms with Gasteiger partial charge in [-0.15, -0.1) is 0 Å². The van der Waals surface area contributed by atoms with Crippen LogP contribution in [0.3, 0.4) is 0 Å². The van der Waals surface area contributed by atoms with Gasteiger partial charge < -0.3 is 20.3 Å². The van der Waals surface area contributed by atoms with Gasteiger partial charge in [-0.3, -0.25) is 0 Å². The smallest absolute Gasteiger partial charge is 0.407 e. The number of amides is 1. The van der Waals surface area contributed by atoms with Gasteiger partial charge in [0.2, 0.25) is 0 Å². The normalized spacial score (nSPS) is 13.1. The van der Waals surface area contributed by atoms with E-state index in [1.807, 2.05) is 48.5 Å². The first-order valence-electron chi connectivity index (χ1n) is 7.50. The van der Waals surface area contributed by atoms with Crippen LogP contribution in [0.5, 0.6) is 0 Å². The fraction of sp³-hybridized carbons (Fsp3) is 0.278. The van der Waals surface area contributed by atoms with Gasteiger partial charge >= 0.3 is 6.09 Å². The van der Waals surface area contributed by atoms with Gasteiger partial charge in [0.1, 0.15) is 6.61 Å². The summed E-state index contributed by atoms with van der Waals surface area (Å²) in [5.74, 6) is 0. The second-order valence-electron chi connectivity index (χ2n) is 5.25. The van der Waals surface area contributed by atoms with E-state index in [0.29, 0.717) is 0 Å². The second-order valence-corrected chi connectivity index (χ2v) is 5.25. The average Bonchev–Trinajstić information content (AvgIpc) is 2.61. The third-order valence-electron chi connectivity index (χ3n) is 3.45. The number of hydrogen-bond acceptors (Lipinski definition) is 4. The third kappa shape index (κ3) is 5.73. The standard InChI is InChI=1S/C18H21NO4/c20-12-16(11-17(21)15-9-5-2-6-10-15)19-18(22)23-13-14-7-3-1-4-8-14/h1-10,16-17,20-21H,11-13H2,(H,19,22). The number of alkyl carbamates (subject to hydrolysis) is 1. The third-order valence-corrected chi connectivity index (χ3v) is 3.45. The number of hydrogen-bond donors (Lipinski definition) is 3. The minimum Gasteiger partial charge on any atom is -0.445 e. The molecule has 0 saturated carbocycles. The quantitative estimate of drug-likeness (QED) is 0.733. The van der Waals surface area contributed by atoms with E-state index in [1.54, 1.807) is 12.1 Å². The maximum atomic E-state index is 11.8. The number of carbonyl (C=O) groups excluding carboxylic acids is 1. The van der Waals surface area contributed by atoms with Crippen LogP contribution in [-0.2, 0) is 11.3 Å². The Labute approximate surface area is 135 Å². The summed E-state index contributed by atoms with van der Waals surface area (Å²) in [7, 11) is 0. The van der Waals surface area contributed by atoms with E-state index in [9.17, 15) is 15.0 Å².